The monoisotopic (exact) mass is 373 g/mol. The van der Waals surface area contributed by atoms with Gasteiger partial charge in [0.25, 0.3) is 5.91 Å². The number of pyridine rings is 1. The van der Waals surface area contributed by atoms with Crippen LogP contribution in [0.4, 0.5) is 0 Å². The Bertz CT molecular complexity index is 816. The smallest absolute Gasteiger partial charge is 0.290 e. The number of ketones is 1. The summed E-state index contributed by atoms with van der Waals surface area (Å²) in [5.74, 6) is -1.21. The van der Waals surface area contributed by atoms with Crippen molar-refractivity contribution in [2.24, 2.45) is 0 Å². The Labute approximate surface area is 156 Å². The van der Waals surface area contributed by atoms with Crippen LogP contribution in [0.2, 0.25) is 0 Å². The molecule has 6 nitrogen and oxygen atoms in total. The number of H-pyrrole nitrogens is 1. The fourth-order valence-corrected chi connectivity index (χ4v) is 3.86. The highest BCUT2D eigenvalue weighted by molar-refractivity contribution is 7.12. The molecule has 0 radical (unpaired) electrons. The van der Waals surface area contributed by atoms with Crippen LogP contribution >= 0.6 is 11.3 Å². The van der Waals surface area contributed by atoms with Crippen molar-refractivity contribution in [1.29, 1.82) is 0 Å². The lowest BCUT2D eigenvalue weighted by Gasteiger charge is -2.25. The fraction of sp³-hybridized carbons (Fsp3) is 0.316. The van der Waals surface area contributed by atoms with Gasteiger partial charge in [-0.2, -0.15) is 0 Å². The molecule has 0 aromatic carbocycles. The Morgan fingerprint density at radius 1 is 1.35 bits per heavy atom. The summed E-state index contributed by atoms with van der Waals surface area (Å²) in [4.78, 5) is 32.1. The molecule has 1 aliphatic rings. The number of quaternary nitrogens is 1. The van der Waals surface area contributed by atoms with E-state index in [-0.39, 0.29) is 11.4 Å². The van der Waals surface area contributed by atoms with E-state index in [9.17, 15) is 14.7 Å². The number of aromatic nitrogens is 1. The predicted molar refractivity (Wildman–Crippen MR) is 98.1 cm³/mol. The highest BCUT2D eigenvalue weighted by Crippen LogP contribution is 2.38. The highest BCUT2D eigenvalue weighted by atomic mass is 32.1. The van der Waals surface area contributed by atoms with Gasteiger partial charge in [-0.05, 0) is 17.5 Å². The minimum atomic E-state index is -0.577. The standard InChI is InChI=1S/C19H21N3O3S/c1-21(2)9-5-10-22-16(13-6-3-8-20-12-13)15(18(24)19(22)25)17(23)14-7-4-11-26-14/h3-4,6-8,11-12,16,24H,5,9-10H2,1-2H3/p+2. The maximum atomic E-state index is 13.0. The van der Waals surface area contributed by atoms with Crippen LogP contribution in [0, 0.1) is 0 Å². The first-order chi connectivity index (χ1) is 12.5. The first kappa shape index (κ1) is 18.3. The summed E-state index contributed by atoms with van der Waals surface area (Å²) in [6.45, 7) is 1.38. The highest BCUT2D eigenvalue weighted by Gasteiger charge is 2.44. The van der Waals surface area contributed by atoms with E-state index in [4.69, 9.17) is 0 Å². The van der Waals surface area contributed by atoms with Crippen LogP contribution in [0.15, 0.2) is 53.4 Å². The van der Waals surface area contributed by atoms with E-state index in [0.29, 0.717) is 11.4 Å². The number of carbonyl (C=O) groups is 2. The molecule has 1 amide bonds. The molecule has 0 fully saturated rings. The summed E-state index contributed by atoms with van der Waals surface area (Å²) in [7, 11) is 4.10. The number of nitrogens with one attached hydrogen (secondary N) is 2. The van der Waals surface area contributed by atoms with Crippen LogP contribution in [-0.2, 0) is 4.79 Å². The van der Waals surface area contributed by atoms with Gasteiger partial charge in [-0.25, -0.2) is 4.98 Å². The van der Waals surface area contributed by atoms with Gasteiger partial charge in [0.2, 0.25) is 5.78 Å². The summed E-state index contributed by atoms with van der Waals surface area (Å²) < 4.78 is 0. The number of carbonyl (C=O) groups excluding carboxylic acids is 2. The number of amides is 1. The van der Waals surface area contributed by atoms with Gasteiger partial charge in [0.05, 0.1) is 37.1 Å². The van der Waals surface area contributed by atoms with Crippen molar-refractivity contribution in [2.45, 2.75) is 12.5 Å². The quantitative estimate of drug-likeness (QED) is 0.701. The first-order valence-electron chi connectivity index (χ1n) is 8.58. The second-order valence-electron chi connectivity index (χ2n) is 6.62. The normalized spacial score (nSPS) is 17.4. The maximum absolute atomic E-state index is 13.0. The van der Waals surface area contributed by atoms with Crippen molar-refractivity contribution in [2.75, 3.05) is 27.2 Å². The Morgan fingerprint density at radius 2 is 2.15 bits per heavy atom. The second-order valence-corrected chi connectivity index (χ2v) is 7.56. The van der Waals surface area contributed by atoms with E-state index in [1.807, 2.05) is 17.5 Å². The third-order valence-corrected chi connectivity index (χ3v) is 5.28. The number of Topliss-reactive ketones (excluding diaryl/α,β-unsaturated/α-hetero) is 1. The molecule has 1 atom stereocenters. The fourth-order valence-electron chi connectivity index (χ4n) is 3.18. The molecule has 1 unspecified atom stereocenters. The van der Waals surface area contributed by atoms with E-state index in [1.54, 1.807) is 29.4 Å². The van der Waals surface area contributed by atoms with Gasteiger partial charge in [0.15, 0.2) is 18.2 Å². The maximum Gasteiger partial charge on any atom is 0.290 e. The summed E-state index contributed by atoms with van der Waals surface area (Å²) in [6.07, 6.45) is 4.32. The number of aliphatic hydroxyl groups is 1. The molecule has 3 N–H and O–H groups in total. The molecular weight excluding hydrogens is 350 g/mol. The average Bonchev–Trinajstić information content (AvgIpc) is 3.24. The summed E-state index contributed by atoms with van der Waals surface area (Å²) >= 11 is 1.31. The van der Waals surface area contributed by atoms with Crippen molar-refractivity contribution in [3.05, 3.63) is 63.8 Å². The number of hydrogen-bond donors (Lipinski definition) is 2. The van der Waals surface area contributed by atoms with Crippen LogP contribution in [-0.4, -0.2) is 48.9 Å². The minimum absolute atomic E-state index is 0.161. The van der Waals surface area contributed by atoms with E-state index in [1.165, 1.54) is 16.2 Å². The van der Waals surface area contributed by atoms with E-state index in [0.717, 1.165) is 18.5 Å². The van der Waals surface area contributed by atoms with E-state index < -0.39 is 17.7 Å². The summed E-state index contributed by atoms with van der Waals surface area (Å²) in [5, 5.41) is 12.3. The second kappa shape index (κ2) is 7.80. The molecule has 3 heterocycles. The Balaban J connectivity index is 1.97. The van der Waals surface area contributed by atoms with Crippen LogP contribution in [0.5, 0.6) is 0 Å². The minimum Gasteiger partial charge on any atom is -0.503 e. The largest absolute Gasteiger partial charge is 0.503 e. The molecule has 2 aromatic rings. The molecule has 7 heteroatoms. The lowest BCUT2D eigenvalue weighted by atomic mass is 9.96. The number of aliphatic hydroxyl groups excluding tert-OH is 1. The van der Waals surface area contributed by atoms with Gasteiger partial charge >= 0.3 is 0 Å². The van der Waals surface area contributed by atoms with Crippen molar-refractivity contribution in [3.8, 4) is 0 Å². The third-order valence-electron chi connectivity index (χ3n) is 4.42. The zero-order chi connectivity index (χ0) is 18.7. The van der Waals surface area contributed by atoms with Gasteiger partial charge in [0, 0.05) is 24.6 Å². The summed E-state index contributed by atoms with van der Waals surface area (Å²) in [6, 6.07) is 6.61. The molecule has 0 bridgehead atoms. The Morgan fingerprint density at radius 3 is 2.77 bits per heavy atom. The number of thiophene rings is 1. The number of aromatic amines is 1. The molecule has 1 aliphatic heterocycles. The average molecular weight is 373 g/mol. The number of hydrogen-bond acceptors (Lipinski definition) is 4. The van der Waals surface area contributed by atoms with Crippen LogP contribution in [0.3, 0.4) is 0 Å². The van der Waals surface area contributed by atoms with Gasteiger partial charge in [-0.15, -0.1) is 11.3 Å². The van der Waals surface area contributed by atoms with Crippen molar-refractivity contribution in [1.82, 2.24) is 4.90 Å². The Kier molecular flexibility index (Phi) is 5.49. The molecule has 2 aromatic heterocycles. The first-order valence-corrected chi connectivity index (χ1v) is 9.46. The van der Waals surface area contributed by atoms with Crippen molar-refractivity contribution in [3.63, 3.8) is 0 Å². The molecule has 0 saturated heterocycles. The zero-order valence-electron chi connectivity index (χ0n) is 14.9. The van der Waals surface area contributed by atoms with Crippen LogP contribution in [0.25, 0.3) is 0 Å². The van der Waals surface area contributed by atoms with Gasteiger partial charge in [-0.1, -0.05) is 6.07 Å². The SMILES string of the molecule is C[NH+](C)CCCN1C(=O)C(O)=C(C(=O)c2cccs2)C1c1ccc[nH+]c1. The lowest BCUT2D eigenvalue weighted by molar-refractivity contribution is -0.858. The molecule has 136 valence electrons. The van der Waals surface area contributed by atoms with E-state index in [2.05, 4.69) is 19.1 Å². The van der Waals surface area contributed by atoms with Gasteiger partial charge in [-0.3, -0.25) is 9.59 Å². The van der Waals surface area contributed by atoms with Crippen molar-refractivity contribution >= 4 is 23.0 Å². The molecular formula is C19H23N3O3S+2. The lowest BCUT2D eigenvalue weighted by Crippen LogP contribution is -3.05. The van der Waals surface area contributed by atoms with Gasteiger partial charge in [0.1, 0.15) is 0 Å². The third kappa shape index (κ3) is 3.54. The zero-order valence-corrected chi connectivity index (χ0v) is 15.7. The predicted octanol–water partition coefficient (Wildman–Crippen LogP) is 0.675. The Hall–Kier alpha value is -2.51. The van der Waals surface area contributed by atoms with Crippen LogP contribution < -0.4 is 9.88 Å². The van der Waals surface area contributed by atoms with E-state index >= 15 is 0 Å². The topological polar surface area (TPSA) is 76.2 Å². The molecule has 0 spiro atoms. The van der Waals surface area contributed by atoms with Gasteiger partial charge < -0.3 is 14.9 Å². The summed E-state index contributed by atoms with van der Waals surface area (Å²) in [5.41, 5.74) is 0.941. The molecule has 3 rings (SSSR count). The molecule has 0 saturated carbocycles. The molecule has 0 aliphatic carbocycles. The van der Waals surface area contributed by atoms with Crippen LogP contribution in [0.1, 0.15) is 27.7 Å². The number of rotatable bonds is 7. The molecule has 26 heavy (non-hydrogen) atoms. The number of nitrogens with zero attached hydrogens (tertiary/aromatic N) is 1. The van der Waals surface area contributed by atoms with Crippen molar-refractivity contribution < 1.29 is 24.6 Å².